The molecule has 25 heavy (non-hydrogen) atoms. The first-order valence-corrected chi connectivity index (χ1v) is 8.08. The monoisotopic (exact) mass is 338 g/mol. The van der Waals surface area contributed by atoms with Crippen molar-refractivity contribution in [2.45, 2.75) is 25.4 Å². The van der Waals surface area contributed by atoms with E-state index in [1.807, 2.05) is 36.4 Å². The zero-order chi connectivity index (χ0) is 17.5. The molecule has 1 N–H and O–H groups in total. The molecule has 0 bridgehead atoms. The Morgan fingerprint density at radius 3 is 2.80 bits per heavy atom. The van der Waals surface area contributed by atoms with Gasteiger partial charge in [-0.25, -0.2) is 14.8 Å². The fourth-order valence-electron chi connectivity index (χ4n) is 2.58. The molecule has 1 aliphatic heterocycles. The molecule has 1 amide bonds. The highest BCUT2D eigenvalue weighted by Gasteiger charge is 2.20. The van der Waals surface area contributed by atoms with Crippen LogP contribution in [-0.2, 0) is 16.1 Å². The molecule has 2 heterocycles. The average molecular weight is 338 g/mol. The summed E-state index contributed by atoms with van der Waals surface area (Å²) in [6, 6.07) is 11.3. The van der Waals surface area contributed by atoms with Crippen molar-refractivity contribution >= 4 is 11.9 Å². The molecule has 0 unspecified atom stereocenters. The molecule has 1 aliphatic rings. The Balaban J connectivity index is 1.67. The lowest BCUT2D eigenvalue weighted by Crippen LogP contribution is -2.19. The number of benzene rings is 1. The lowest BCUT2D eigenvalue weighted by Gasteiger charge is -2.21. The summed E-state index contributed by atoms with van der Waals surface area (Å²) >= 11 is 0. The van der Waals surface area contributed by atoms with Crippen LogP contribution in [0.4, 0.5) is 10.6 Å². The van der Waals surface area contributed by atoms with Gasteiger partial charge in [0.1, 0.15) is 24.1 Å². The first-order chi connectivity index (χ1) is 12.3. The number of aromatic nitrogens is 2. The lowest BCUT2D eigenvalue weighted by atomic mass is 9.99. The number of ether oxygens (including phenoxy) is 2. The van der Waals surface area contributed by atoms with Crippen LogP contribution in [0.1, 0.15) is 35.7 Å². The molecule has 7 heteroatoms. The summed E-state index contributed by atoms with van der Waals surface area (Å²) in [5.74, 6) is 0.958. The molecule has 1 aromatic carbocycles. The summed E-state index contributed by atoms with van der Waals surface area (Å²) < 4.78 is 10.5. The van der Waals surface area contributed by atoms with Gasteiger partial charge in [0.05, 0.1) is 6.20 Å². The zero-order valence-corrected chi connectivity index (χ0v) is 13.6. The molecule has 2 aromatic rings. The van der Waals surface area contributed by atoms with Gasteiger partial charge < -0.3 is 9.47 Å². The maximum absolute atomic E-state index is 12.0. The van der Waals surface area contributed by atoms with E-state index in [2.05, 4.69) is 15.3 Å². The van der Waals surface area contributed by atoms with Gasteiger partial charge in [-0.15, -0.1) is 0 Å². The molecule has 1 saturated heterocycles. The first-order valence-electron chi connectivity index (χ1n) is 8.08. The predicted octanol–water partition coefficient (Wildman–Crippen LogP) is 2.99. The molecule has 3 rings (SSSR count). The number of carbonyl (C=O) groups is 1. The molecule has 7 nitrogen and oxygen atoms in total. The van der Waals surface area contributed by atoms with Gasteiger partial charge in [0.15, 0.2) is 5.82 Å². The van der Waals surface area contributed by atoms with Crippen molar-refractivity contribution in [1.82, 2.24) is 9.97 Å². The Morgan fingerprint density at radius 1 is 1.32 bits per heavy atom. The standard InChI is InChI=1S/C18H18N4O3/c19-10-15-11-20-16(14-6-8-24-9-7-14)21-17(15)22-18(23)25-12-13-4-2-1-3-5-13/h1-5,11,14H,6-9,12H2,(H,20,21,22,23). The number of nitrogens with zero attached hydrogens (tertiary/aromatic N) is 3. The van der Waals surface area contributed by atoms with Crippen molar-refractivity contribution in [3.63, 3.8) is 0 Å². The van der Waals surface area contributed by atoms with Crippen LogP contribution in [0.5, 0.6) is 0 Å². The van der Waals surface area contributed by atoms with Gasteiger partial charge >= 0.3 is 6.09 Å². The minimum atomic E-state index is -0.656. The van der Waals surface area contributed by atoms with Crippen LogP contribution in [-0.4, -0.2) is 29.3 Å². The van der Waals surface area contributed by atoms with E-state index in [9.17, 15) is 10.1 Å². The van der Waals surface area contributed by atoms with Crippen molar-refractivity contribution in [1.29, 1.82) is 5.26 Å². The van der Waals surface area contributed by atoms with E-state index in [0.717, 1.165) is 18.4 Å². The van der Waals surface area contributed by atoms with Crippen LogP contribution in [0, 0.1) is 11.3 Å². The Bertz CT molecular complexity index is 768. The number of hydrogen-bond acceptors (Lipinski definition) is 6. The van der Waals surface area contributed by atoms with Crippen LogP contribution < -0.4 is 5.32 Å². The molecule has 1 fully saturated rings. The summed E-state index contributed by atoms with van der Waals surface area (Å²) in [7, 11) is 0. The highest BCUT2D eigenvalue weighted by atomic mass is 16.5. The lowest BCUT2D eigenvalue weighted by molar-refractivity contribution is 0.0836. The number of rotatable bonds is 4. The van der Waals surface area contributed by atoms with E-state index in [-0.39, 0.29) is 23.9 Å². The topological polar surface area (TPSA) is 97.1 Å². The van der Waals surface area contributed by atoms with Crippen molar-refractivity contribution in [3.05, 3.63) is 53.5 Å². The number of nitriles is 1. The number of nitrogens with one attached hydrogen (secondary N) is 1. The van der Waals surface area contributed by atoms with Gasteiger partial charge in [-0.2, -0.15) is 5.26 Å². The van der Waals surface area contributed by atoms with Gasteiger partial charge in [-0.3, -0.25) is 5.32 Å². The Morgan fingerprint density at radius 2 is 2.08 bits per heavy atom. The summed E-state index contributed by atoms with van der Waals surface area (Å²) in [5.41, 5.74) is 1.08. The quantitative estimate of drug-likeness (QED) is 0.920. The molecular formula is C18H18N4O3. The van der Waals surface area contributed by atoms with Crippen LogP contribution in [0.2, 0.25) is 0 Å². The van der Waals surface area contributed by atoms with Crippen LogP contribution >= 0.6 is 0 Å². The van der Waals surface area contributed by atoms with Crippen LogP contribution in [0.3, 0.4) is 0 Å². The summed E-state index contributed by atoms with van der Waals surface area (Å²) in [5, 5.41) is 11.7. The van der Waals surface area contributed by atoms with Crippen molar-refractivity contribution in [3.8, 4) is 6.07 Å². The summed E-state index contributed by atoms with van der Waals surface area (Å²) in [6.45, 7) is 1.47. The molecule has 0 atom stereocenters. The molecule has 0 radical (unpaired) electrons. The van der Waals surface area contributed by atoms with Crippen LogP contribution in [0.15, 0.2) is 36.5 Å². The third-order valence-corrected chi connectivity index (χ3v) is 3.95. The number of carbonyl (C=O) groups excluding carboxylic acids is 1. The fraction of sp³-hybridized carbons (Fsp3) is 0.333. The van der Waals surface area contributed by atoms with Crippen molar-refractivity contribution in [2.75, 3.05) is 18.5 Å². The van der Waals surface area contributed by atoms with Gasteiger partial charge in [0.2, 0.25) is 0 Å². The molecular weight excluding hydrogens is 320 g/mol. The number of amides is 1. The van der Waals surface area contributed by atoms with Gasteiger partial charge in [-0.1, -0.05) is 30.3 Å². The van der Waals surface area contributed by atoms with E-state index in [4.69, 9.17) is 9.47 Å². The maximum Gasteiger partial charge on any atom is 0.413 e. The second kappa shape index (κ2) is 8.22. The molecule has 0 aliphatic carbocycles. The largest absolute Gasteiger partial charge is 0.444 e. The van der Waals surface area contributed by atoms with Crippen LogP contribution in [0.25, 0.3) is 0 Å². The molecule has 0 saturated carbocycles. The maximum atomic E-state index is 12.0. The van der Waals surface area contributed by atoms with Crippen molar-refractivity contribution in [2.24, 2.45) is 0 Å². The zero-order valence-electron chi connectivity index (χ0n) is 13.6. The second-order valence-electron chi connectivity index (χ2n) is 5.68. The minimum absolute atomic E-state index is 0.145. The Hall–Kier alpha value is -2.98. The highest BCUT2D eigenvalue weighted by molar-refractivity contribution is 5.84. The third-order valence-electron chi connectivity index (χ3n) is 3.95. The van der Waals surface area contributed by atoms with E-state index in [0.29, 0.717) is 19.0 Å². The van der Waals surface area contributed by atoms with E-state index >= 15 is 0 Å². The van der Waals surface area contributed by atoms with Crippen molar-refractivity contribution < 1.29 is 14.3 Å². The molecule has 1 aromatic heterocycles. The SMILES string of the molecule is N#Cc1cnc(C2CCOCC2)nc1NC(=O)OCc1ccccc1. The Labute approximate surface area is 145 Å². The van der Waals surface area contributed by atoms with Gasteiger partial charge in [0.25, 0.3) is 0 Å². The predicted molar refractivity (Wildman–Crippen MR) is 89.8 cm³/mol. The molecule has 0 spiro atoms. The first kappa shape index (κ1) is 16.9. The van der Waals surface area contributed by atoms with E-state index in [1.165, 1.54) is 6.20 Å². The third kappa shape index (κ3) is 4.52. The smallest absolute Gasteiger partial charge is 0.413 e. The normalized spacial score (nSPS) is 14.5. The Kier molecular flexibility index (Phi) is 5.54. The minimum Gasteiger partial charge on any atom is -0.444 e. The van der Waals surface area contributed by atoms with E-state index in [1.54, 1.807) is 0 Å². The number of hydrogen-bond donors (Lipinski definition) is 1. The summed E-state index contributed by atoms with van der Waals surface area (Å²) in [6.07, 6.45) is 2.43. The molecule has 128 valence electrons. The van der Waals surface area contributed by atoms with Gasteiger partial charge in [-0.05, 0) is 18.4 Å². The summed E-state index contributed by atoms with van der Waals surface area (Å²) in [4.78, 5) is 20.6. The average Bonchev–Trinajstić information content (AvgIpc) is 2.68. The van der Waals surface area contributed by atoms with E-state index < -0.39 is 6.09 Å². The van der Waals surface area contributed by atoms with Gasteiger partial charge in [0, 0.05) is 19.1 Å². The highest BCUT2D eigenvalue weighted by Crippen LogP contribution is 2.25. The fourth-order valence-corrected chi connectivity index (χ4v) is 2.58. The number of anilines is 1. The second-order valence-corrected chi connectivity index (χ2v) is 5.68.